The van der Waals surface area contributed by atoms with Crippen molar-refractivity contribution in [3.05, 3.63) is 11.7 Å². The average molecular weight is 358 g/mol. The number of piperidine rings is 1. The third-order valence-corrected chi connectivity index (χ3v) is 5.12. The van der Waals surface area contributed by atoms with Gasteiger partial charge in [-0.2, -0.15) is 4.98 Å². The fraction of sp³-hybridized carbons (Fsp3) is 0.812. The number of rotatable bonds is 4. The minimum absolute atomic E-state index is 0. The van der Waals surface area contributed by atoms with E-state index in [2.05, 4.69) is 27.4 Å². The summed E-state index contributed by atoms with van der Waals surface area (Å²) >= 11 is 0. The topological polar surface area (TPSA) is 74.5 Å². The van der Waals surface area contributed by atoms with E-state index in [0.29, 0.717) is 5.92 Å². The monoisotopic (exact) mass is 357 g/mol. The van der Waals surface area contributed by atoms with Gasteiger partial charge in [-0.05, 0) is 32.2 Å². The lowest BCUT2D eigenvalue weighted by atomic mass is 9.92. The summed E-state index contributed by atoms with van der Waals surface area (Å²) in [6, 6.07) is 0.208. The molecule has 1 unspecified atom stereocenters. The Hall–Kier alpha value is -1.18. The molecule has 0 radical (unpaired) electrons. The van der Waals surface area contributed by atoms with Crippen molar-refractivity contribution in [1.29, 1.82) is 0 Å². The van der Waals surface area contributed by atoms with Crippen molar-refractivity contribution < 1.29 is 9.32 Å². The molecule has 3 rings (SSSR count). The van der Waals surface area contributed by atoms with Crippen LogP contribution in [0.15, 0.2) is 4.52 Å². The summed E-state index contributed by atoms with van der Waals surface area (Å²) in [7, 11) is 2.10. The summed E-state index contributed by atoms with van der Waals surface area (Å²) in [5, 5.41) is 7.54. The normalized spacial score (nSPS) is 23.1. The predicted octanol–water partition coefficient (Wildman–Crippen LogP) is 1.26. The number of amides is 1. The standard InChI is InChI=1S/C16H27N5O2.ClH/c1-12(22)21-8-5-13(6-9-21)3-4-15-18-16(19-23-15)14-11-17-7-10-20(14)2;/h13-14,17H,3-11H2,1-2H3;1H. The number of likely N-dealkylation sites (tertiary alicyclic amines) is 1. The van der Waals surface area contributed by atoms with E-state index in [-0.39, 0.29) is 24.4 Å². The zero-order valence-corrected chi connectivity index (χ0v) is 15.3. The van der Waals surface area contributed by atoms with Gasteiger partial charge >= 0.3 is 0 Å². The van der Waals surface area contributed by atoms with E-state index in [4.69, 9.17) is 4.52 Å². The van der Waals surface area contributed by atoms with E-state index in [0.717, 1.165) is 70.1 Å². The first kappa shape index (κ1) is 19.1. The molecule has 1 N–H and O–H groups in total. The SMILES string of the molecule is CC(=O)N1CCC(CCc2nc(C3CNCCN3C)no2)CC1.Cl. The lowest BCUT2D eigenvalue weighted by Gasteiger charge is -2.31. The van der Waals surface area contributed by atoms with Gasteiger partial charge in [0, 0.05) is 46.1 Å². The Kier molecular flexibility index (Phi) is 7.01. The molecular formula is C16H28ClN5O2. The Morgan fingerprint density at radius 1 is 1.33 bits per heavy atom. The summed E-state index contributed by atoms with van der Waals surface area (Å²) in [6.45, 7) is 6.30. The Morgan fingerprint density at radius 2 is 2.08 bits per heavy atom. The molecule has 0 aromatic carbocycles. The molecule has 1 aromatic heterocycles. The Morgan fingerprint density at radius 3 is 2.75 bits per heavy atom. The first-order valence-corrected chi connectivity index (χ1v) is 8.62. The second kappa shape index (κ2) is 8.78. The van der Waals surface area contributed by atoms with Gasteiger partial charge in [-0.1, -0.05) is 5.16 Å². The van der Waals surface area contributed by atoms with E-state index in [9.17, 15) is 4.79 Å². The smallest absolute Gasteiger partial charge is 0.226 e. The number of aromatic nitrogens is 2. The number of carbonyl (C=O) groups excluding carboxylic acids is 1. The molecular weight excluding hydrogens is 330 g/mol. The number of piperazine rings is 1. The number of carbonyl (C=O) groups is 1. The molecule has 1 atom stereocenters. The van der Waals surface area contributed by atoms with Crippen LogP contribution in [0.3, 0.4) is 0 Å². The van der Waals surface area contributed by atoms with Crippen LogP contribution in [-0.4, -0.2) is 65.6 Å². The van der Waals surface area contributed by atoms with Crippen molar-refractivity contribution in [3.8, 4) is 0 Å². The molecule has 0 spiro atoms. The quantitative estimate of drug-likeness (QED) is 0.874. The van der Waals surface area contributed by atoms with Gasteiger partial charge in [0.25, 0.3) is 0 Å². The van der Waals surface area contributed by atoms with Gasteiger partial charge in [0.1, 0.15) is 0 Å². The zero-order chi connectivity index (χ0) is 16.2. The van der Waals surface area contributed by atoms with Gasteiger partial charge < -0.3 is 14.7 Å². The molecule has 1 amide bonds. The average Bonchev–Trinajstić information content (AvgIpc) is 3.02. The van der Waals surface area contributed by atoms with Crippen LogP contribution >= 0.6 is 12.4 Å². The van der Waals surface area contributed by atoms with Gasteiger partial charge in [-0.25, -0.2) is 0 Å². The molecule has 3 heterocycles. The van der Waals surface area contributed by atoms with Gasteiger partial charge in [-0.15, -0.1) is 12.4 Å². The van der Waals surface area contributed by atoms with E-state index in [1.54, 1.807) is 6.92 Å². The van der Waals surface area contributed by atoms with Crippen molar-refractivity contribution in [2.24, 2.45) is 5.92 Å². The highest BCUT2D eigenvalue weighted by Crippen LogP contribution is 2.23. The maximum atomic E-state index is 11.3. The Balaban J connectivity index is 0.00000208. The largest absolute Gasteiger partial charge is 0.343 e. The van der Waals surface area contributed by atoms with Crippen LogP contribution in [0.1, 0.15) is 43.9 Å². The maximum Gasteiger partial charge on any atom is 0.226 e. The molecule has 1 aromatic rings. The fourth-order valence-corrected chi connectivity index (χ4v) is 3.46. The summed E-state index contributed by atoms with van der Waals surface area (Å²) in [4.78, 5) is 20.1. The summed E-state index contributed by atoms with van der Waals surface area (Å²) in [5.41, 5.74) is 0. The van der Waals surface area contributed by atoms with E-state index in [1.807, 2.05) is 4.90 Å². The van der Waals surface area contributed by atoms with Crippen LogP contribution in [0, 0.1) is 5.92 Å². The van der Waals surface area contributed by atoms with Gasteiger partial charge in [0.15, 0.2) is 5.82 Å². The molecule has 0 saturated carbocycles. The van der Waals surface area contributed by atoms with Crippen molar-refractivity contribution in [2.45, 2.75) is 38.6 Å². The van der Waals surface area contributed by atoms with E-state index < -0.39 is 0 Å². The Bertz CT molecular complexity index is 530. The van der Waals surface area contributed by atoms with Gasteiger partial charge in [0.2, 0.25) is 11.8 Å². The van der Waals surface area contributed by atoms with E-state index in [1.165, 1.54) is 0 Å². The molecule has 2 aliphatic rings. The summed E-state index contributed by atoms with van der Waals surface area (Å²) < 4.78 is 5.44. The highest BCUT2D eigenvalue weighted by atomic mass is 35.5. The minimum atomic E-state index is 0. The molecule has 8 heteroatoms. The van der Waals surface area contributed by atoms with Gasteiger partial charge in [-0.3, -0.25) is 9.69 Å². The fourth-order valence-electron chi connectivity index (χ4n) is 3.46. The summed E-state index contributed by atoms with van der Waals surface area (Å²) in [5.74, 6) is 2.38. The molecule has 2 fully saturated rings. The molecule has 2 saturated heterocycles. The van der Waals surface area contributed by atoms with Crippen LogP contribution in [-0.2, 0) is 11.2 Å². The number of aryl methyl sites for hydroxylation is 1. The van der Waals surface area contributed by atoms with Crippen LogP contribution in [0.2, 0.25) is 0 Å². The van der Waals surface area contributed by atoms with Crippen LogP contribution in [0.5, 0.6) is 0 Å². The molecule has 0 aliphatic carbocycles. The predicted molar refractivity (Wildman–Crippen MR) is 93.1 cm³/mol. The highest BCUT2D eigenvalue weighted by molar-refractivity contribution is 5.85. The zero-order valence-electron chi connectivity index (χ0n) is 14.5. The van der Waals surface area contributed by atoms with Crippen LogP contribution in [0.4, 0.5) is 0 Å². The van der Waals surface area contributed by atoms with Crippen molar-refractivity contribution >= 4 is 18.3 Å². The lowest BCUT2D eigenvalue weighted by Crippen LogP contribution is -2.44. The lowest BCUT2D eigenvalue weighted by molar-refractivity contribution is -0.130. The number of hydrogen-bond acceptors (Lipinski definition) is 6. The van der Waals surface area contributed by atoms with Gasteiger partial charge in [0.05, 0.1) is 6.04 Å². The first-order valence-electron chi connectivity index (χ1n) is 8.62. The van der Waals surface area contributed by atoms with Crippen LogP contribution < -0.4 is 5.32 Å². The van der Waals surface area contributed by atoms with E-state index >= 15 is 0 Å². The highest BCUT2D eigenvalue weighted by Gasteiger charge is 2.26. The third kappa shape index (κ3) is 4.68. The number of halogens is 1. The second-order valence-corrected chi connectivity index (χ2v) is 6.73. The van der Waals surface area contributed by atoms with Crippen molar-refractivity contribution in [3.63, 3.8) is 0 Å². The van der Waals surface area contributed by atoms with Crippen molar-refractivity contribution in [1.82, 2.24) is 25.3 Å². The second-order valence-electron chi connectivity index (χ2n) is 6.73. The summed E-state index contributed by atoms with van der Waals surface area (Å²) in [6.07, 6.45) is 4.06. The number of likely N-dealkylation sites (N-methyl/N-ethyl adjacent to an activating group) is 1. The molecule has 2 aliphatic heterocycles. The molecule has 136 valence electrons. The molecule has 24 heavy (non-hydrogen) atoms. The first-order chi connectivity index (χ1) is 11.1. The Labute approximate surface area is 149 Å². The number of nitrogens with one attached hydrogen (secondary N) is 1. The molecule has 0 bridgehead atoms. The minimum Gasteiger partial charge on any atom is -0.343 e. The number of nitrogens with zero attached hydrogens (tertiary/aromatic N) is 4. The molecule has 7 nitrogen and oxygen atoms in total. The number of hydrogen-bond donors (Lipinski definition) is 1. The van der Waals surface area contributed by atoms with Crippen molar-refractivity contribution in [2.75, 3.05) is 39.8 Å². The third-order valence-electron chi connectivity index (χ3n) is 5.12. The van der Waals surface area contributed by atoms with Crippen LogP contribution in [0.25, 0.3) is 0 Å². The maximum absolute atomic E-state index is 11.3.